The smallest absolute Gasteiger partial charge is 0.134 e. The van der Waals surface area contributed by atoms with E-state index in [0.717, 1.165) is 19.4 Å². The van der Waals surface area contributed by atoms with Gasteiger partial charge in [0.25, 0.3) is 0 Å². The van der Waals surface area contributed by atoms with E-state index in [9.17, 15) is 0 Å². The predicted octanol–water partition coefficient (Wildman–Crippen LogP) is 1.33. The van der Waals surface area contributed by atoms with Gasteiger partial charge in [-0.25, -0.2) is 4.98 Å². The average Bonchev–Trinajstić information content (AvgIpc) is 2.73. The van der Waals surface area contributed by atoms with E-state index in [1.54, 1.807) is 6.20 Å². The van der Waals surface area contributed by atoms with Crippen LogP contribution >= 0.6 is 0 Å². The molecule has 2 rings (SSSR count). The summed E-state index contributed by atoms with van der Waals surface area (Å²) in [6, 6.07) is 0. The first-order valence-electron chi connectivity index (χ1n) is 5.39. The summed E-state index contributed by atoms with van der Waals surface area (Å²) in [6.07, 6.45) is 6.03. The largest absolute Gasteiger partial charge is 0.388 e. The zero-order valence-electron chi connectivity index (χ0n) is 9.31. The Labute approximate surface area is 89.9 Å². The van der Waals surface area contributed by atoms with E-state index in [1.165, 1.54) is 0 Å². The normalized spacial score (nSPS) is 24.6. The molecule has 1 aromatic heterocycles. The number of hydrogen-bond donors (Lipinski definition) is 1. The lowest BCUT2D eigenvalue weighted by Crippen LogP contribution is -2.23. The molecule has 4 heteroatoms. The number of aromatic nitrogens is 2. The molecule has 4 nitrogen and oxygen atoms in total. The van der Waals surface area contributed by atoms with Gasteiger partial charge in [-0.05, 0) is 26.7 Å². The van der Waals surface area contributed by atoms with Gasteiger partial charge in [0.05, 0.1) is 18.2 Å². The summed E-state index contributed by atoms with van der Waals surface area (Å²) >= 11 is 0. The van der Waals surface area contributed by atoms with Crippen LogP contribution in [0.4, 0.5) is 0 Å². The zero-order valence-corrected chi connectivity index (χ0v) is 9.31. The predicted molar refractivity (Wildman–Crippen MR) is 56.3 cm³/mol. The highest BCUT2D eigenvalue weighted by Crippen LogP contribution is 2.30. The number of ether oxygens (including phenoxy) is 1. The maximum Gasteiger partial charge on any atom is 0.134 e. The quantitative estimate of drug-likeness (QED) is 0.818. The molecule has 2 heterocycles. The van der Waals surface area contributed by atoms with Crippen molar-refractivity contribution in [3.63, 3.8) is 0 Å². The Bertz CT molecular complexity index is 333. The number of aliphatic hydroxyl groups is 1. The van der Waals surface area contributed by atoms with Crippen LogP contribution < -0.4 is 0 Å². The summed E-state index contributed by atoms with van der Waals surface area (Å²) in [4.78, 5) is 4.07. The van der Waals surface area contributed by atoms with Gasteiger partial charge < -0.3 is 14.4 Å². The highest BCUT2D eigenvalue weighted by Gasteiger charge is 2.31. The average molecular weight is 210 g/mol. The lowest BCUT2D eigenvalue weighted by atomic mass is 10.1. The SMILES string of the molecule is CC1(C)CCC(Cn2ccnc2CO)O1. The molecule has 1 unspecified atom stereocenters. The number of imidazole rings is 1. The fraction of sp³-hybridized carbons (Fsp3) is 0.727. The van der Waals surface area contributed by atoms with Crippen LogP contribution in [0.3, 0.4) is 0 Å². The Morgan fingerprint density at radius 3 is 3.07 bits per heavy atom. The maximum absolute atomic E-state index is 9.06. The number of aliphatic hydroxyl groups excluding tert-OH is 1. The minimum atomic E-state index is -0.0108. The highest BCUT2D eigenvalue weighted by atomic mass is 16.5. The highest BCUT2D eigenvalue weighted by molar-refractivity contribution is 4.92. The molecule has 0 bridgehead atoms. The summed E-state index contributed by atoms with van der Waals surface area (Å²) < 4.78 is 7.86. The van der Waals surface area contributed by atoms with Crippen LogP contribution in [0, 0.1) is 0 Å². The van der Waals surface area contributed by atoms with Crippen LogP contribution in [0.25, 0.3) is 0 Å². The van der Waals surface area contributed by atoms with Crippen LogP contribution in [-0.4, -0.2) is 26.4 Å². The molecular weight excluding hydrogens is 192 g/mol. The molecular formula is C11H18N2O2. The summed E-state index contributed by atoms with van der Waals surface area (Å²) in [6.45, 7) is 5.02. The first-order valence-corrected chi connectivity index (χ1v) is 5.39. The second-order valence-electron chi connectivity index (χ2n) is 4.69. The van der Waals surface area contributed by atoms with Gasteiger partial charge in [0.1, 0.15) is 12.4 Å². The third kappa shape index (κ3) is 2.38. The van der Waals surface area contributed by atoms with Crippen molar-refractivity contribution < 1.29 is 9.84 Å². The Kier molecular flexibility index (Phi) is 2.80. The number of nitrogens with zero attached hydrogens (tertiary/aromatic N) is 2. The van der Waals surface area contributed by atoms with E-state index < -0.39 is 0 Å². The Balaban J connectivity index is 1.98. The molecule has 0 spiro atoms. The third-order valence-corrected chi connectivity index (χ3v) is 2.90. The second-order valence-corrected chi connectivity index (χ2v) is 4.69. The topological polar surface area (TPSA) is 47.3 Å². The summed E-state index contributed by atoms with van der Waals surface area (Å²) in [5, 5.41) is 9.06. The van der Waals surface area contributed by atoms with Gasteiger partial charge in [0, 0.05) is 12.4 Å². The lowest BCUT2D eigenvalue weighted by Gasteiger charge is -2.19. The van der Waals surface area contributed by atoms with Crippen LogP contribution in [0.5, 0.6) is 0 Å². The lowest BCUT2D eigenvalue weighted by molar-refractivity contribution is -0.0222. The summed E-state index contributed by atoms with van der Waals surface area (Å²) in [5.74, 6) is 0.711. The van der Waals surface area contributed by atoms with Gasteiger partial charge in [-0.15, -0.1) is 0 Å². The fourth-order valence-electron chi connectivity index (χ4n) is 2.08. The number of hydrogen-bond acceptors (Lipinski definition) is 3. The van der Waals surface area contributed by atoms with E-state index in [2.05, 4.69) is 18.8 Å². The minimum absolute atomic E-state index is 0.00459. The van der Waals surface area contributed by atoms with E-state index in [-0.39, 0.29) is 18.3 Å². The summed E-state index contributed by atoms with van der Waals surface area (Å²) in [7, 11) is 0. The second kappa shape index (κ2) is 3.94. The van der Waals surface area contributed by atoms with Crippen molar-refractivity contribution in [3.8, 4) is 0 Å². The Hall–Kier alpha value is -0.870. The van der Waals surface area contributed by atoms with Crippen LogP contribution in [0.2, 0.25) is 0 Å². The van der Waals surface area contributed by atoms with Gasteiger partial charge in [0.2, 0.25) is 0 Å². The maximum atomic E-state index is 9.06. The van der Waals surface area contributed by atoms with Crippen LogP contribution in [0.15, 0.2) is 12.4 Å². The molecule has 0 saturated carbocycles. The molecule has 1 aliphatic heterocycles. The van der Waals surface area contributed by atoms with Crippen molar-refractivity contribution >= 4 is 0 Å². The van der Waals surface area contributed by atoms with E-state index in [0.29, 0.717) is 5.82 Å². The van der Waals surface area contributed by atoms with Crippen molar-refractivity contribution in [1.29, 1.82) is 0 Å². The third-order valence-electron chi connectivity index (χ3n) is 2.90. The number of rotatable bonds is 3. The van der Waals surface area contributed by atoms with E-state index in [1.807, 2.05) is 10.8 Å². The van der Waals surface area contributed by atoms with E-state index >= 15 is 0 Å². The minimum Gasteiger partial charge on any atom is -0.388 e. The van der Waals surface area contributed by atoms with Crippen LogP contribution in [0.1, 0.15) is 32.5 Å². The Morgan fingerprint density at radius 2 is 2.47 bits per heavy atom. The first-order chi connectivity index (χ1) is 7.11. The molecule has 15 heavy (non-hydrogen) atoms. The van der Waals surface area contributed by atoms with Gasteiger partial charge in [-0.3, -0.25) is 0 Å². The van der Waals surface area contributed by atoms with E-state index in [4.69, 9.17) is 9.84 Å². The standard InChI is InChI=1S/C11H18N2O2/c1-11(2)4-3-9(15-11)7-13-6-5-12-10(13)8-14/h5-6,9,14H,3-4,7-8H2,1-2H3. The molecule has 0 aromatic carbocycles. The molecule has 1 fully saturated rings. The molecule has 0 radical (unpaired) electrons. The molecule has 1 aromatic rings. The summed E-state index contributed by atoms with van der Waals surface area (Å²) in [5.41, 5.74) is 0.00459. The monoisotopic (exact) mass is 210 g/mol. The van der Waals surface area contributed by atoms with Crippen molar-refractivity contribution in [2.45, 2.75) is 51.5 Å². The van der Waals surface area contributed by atoms with Crippen LogP contribution in [-0.2, 0) is 17.9 Å². The zero-order chi connectivity index (χ0) is 10.9. The van der Waals surface area contributed by atoms with Crippen molar-refractivity contribution in [2.75, 3.05) is 0 Å². The van der Waals surface area contributed by atoms with Gasteiger partial charge >= 0.3 is 0 Å². The van der Waals surface area contributed by atoms with Crippen molar-refractivity contribution in [3.05, 3.63) is 18.2 Å². The molecule has 84 valence electrons. The van der Waals surface area contributed by atoms with Gasteiger partial charge in [-0.2, -0.15) is 0 Å². The molecule has 1 atom stereocenters. The first kappa shape index (κ1) is 10.6. The molecule has 0 aliphatic carbocycles. The van der Waals surface area contributed by atoms with Crippen molar-refractivity contribution in [2.24, 2.45) is 0 Å². The van der Waals surface area contributed by atoms with Crippen molar-refractivity contribution in [1.82, 2.24) is 9.55 Å². The molecule has 0 amide bonds. The molecule has 1 N–H and O–H groups in total. The van der Waals surface area contributed by atoms with Gasteiger partial charge in [0.15, 0.2) is 0 Å². The fourth-order valence-corrected chi connectivity index (χ4v) is 2.08. The molecule has 1 saturated heterocycles. The molecule has 1 aliphatic rings. The van der Waals surface area contributed by atoms with Gasteiger partial charge in [-0.1, -0.05) is 0 Å². The Morgan fingerprint density at radius 1 is 1.67 bits per heavy atom.